The van der Waals surface area contributed by atoms with Crippen LogP contribution < -0.4 is 11.3 Å². The van der Waals surface area contributed by atoms with Crippen molar-refractivity contribution >= 4 is 33.5 Å². The lowest BCUT2D eigenvalue weighted by atomic mass is 10.3. The molecule has 0 spiro atoms. The van der Waals surface area contributed by atoms with E-state index in [-0.39, 0.29) is 0 Å². The number of nitrogens with zero attached hydrogens (tertiary/aromatic N) is 3. The summed E-state index contributed by atoms with van der Waals surface area (Å²) in [6, 6.07) is 3.88. The molecule has 0 bridgehead atoms. The normalized spacial score (nSPS) is 10.4. The summed E-state index contributed by atoms with van der Waals surface area (Å²) in [6.07, 6.45) is 1.76. The third kappa shape index (κ3) is 2.98. The Bertz CT molecular complexity index is 558. The van der Waals surface area contributed by atoms with Crippen LogP contribution in [0.4, 0.5) is 5.82 Å². The maximum absolute atomic E-state index is 5.43. The van der Waals surface area contributed by atoms with Gasteiger partial charge in [0.25, 0.3) is 0 Å². The molecule has 2 heterocycles. The van der Waals surface area contributed by atoms with Crippen LogP contribution in [-0.4, -0.2) is 15.0 Å². The fourth-order valence-corrected chi connectivity index (χ4v) is 2.47. The van der Waals surface area contributed by atoms with Crippen LogP contribution in [0.5, 0.6) is 0 Å². The second-order valence-electron chi connectivity index (χ2n) is 3.61. The van der Waals surface area contributed by atoms with E-state index in [0.29, 0.717) is 11.6 Å². The molecule has 0 radical (unpaired) electrons. The molecule has 0 unspecified atom stereocenters. The van der Waals surface area contributed by atoms with Gasteiger partial charge in [-0.1, -0.05) is 0 Å². The average molecular weight is 326 g/mol. The Morgan fingerprint density at radius 3 is 2.67 bits per heavy atom. The van der Waals surface area contributed by atoms with Crippen LogP contribution in [0.1, 0.15) is 11.4 Å². The average Bonchev–Trinajstić information content (AvgIpc) is 2.36. The first-order valence-corrected chi connectivity index (χ1v) is 6.82. The topological polar surface area (TPSA) is 76.7 Å². The van der Waals surface area contributed by atoms with Crippen LogP contribution in [0.25, 0.3) is 0 Å². The minimum atomic E-state index is 0.641. The van der Waals surface area contributed by atoms with Crippen LogP contribution in [0.3, 0.4) is 0 Å². The van der Waals surface area contributed by atoms with Crippen LogP contribution in [0.15, 0.2) is 32.9 Å². The molecule has 2 rings (SSSR count). The monoisotopic (exact) mass is 325 g/mol. The number of pyridine rings is 1. The van der Waals surface area contributed by atoms with E-state index in [2.05, 4.69) is 36.3 Å². The lowest BCUT2D eigenvalue weighted by Crippen LogP contribution is -2.12. The molecule has 0 aromatic carbocycles. The Morgan fingerprint density at radius 2 is 2.06 bits per heavy atom. The van der Waals surface area contributed by atoms with E-state index in [1.54, 1.807) is 6.20 Å². The van der Waals surface area contributed by atoms with Gasteiger partial charge in [-0.15, -0.1) is 0 Å². The van der Waals surface area contributed by atoms with Crippen molar-refractivity contribution < 1.29 is 0 Å². The van der Waals surface area contributed by atoms with Crippen molar-refractivity contribution in [1.82, 2.24) is 15.0 Å². The molecule has 0 saturated carbocycles. The van der Waals surface area contributed by atoms with E-state index in [4.69, 9.17) is 5.84 Å². The van der Waals surface area contributed by atoms with E-state index in [1.165, 1.54) is 11.8 Å². The number of aromatic nitrogens is 3. The number of hydrazine groups is 1. The minimum absolute atomic E-state index is 0.641. The molecule has 5 nitrogen and oxygen atoms in total. The Labute approximate surface area is 118 Å². The first-order valence-electron chi connectivity index (χ1n) is 5.21. The van der Waals surface area contributed by atoms with Crippen LogP contribution in [0.2, 0.25) is 0 Å². The lowest BCUT2D eigenvalue weighted by Gasteiger charge is -2.09. The molecule has 0 saturated heterocycles. The second-order valence-corrected chi connectivity index (χ2v) is 5.54. The Balaban J connectivity index is 2.34. The van der Waals surface area contributed by atoms with Gasteiger partial charge in [-0.3, -0.25) is 0 Å². The molecular formula is C11H12BrN5S. The van der Waals surface area contributed by atoms with Crippen LogP contribution in [0, 0.1) is 13.8 Å². The SMILES string of the molecule is Cc1nc(NN)c(C)c(Sc2ccc(Br)cn2)n1. The van der Waals surface area contributed by atoms with Gasteiger partial charge in [0.15, 0.2) is 0 Å². The summed E-state index contributed by atoms with van der Waals surface area (Å²) in [4.78, 5) is 12.9. The predicted octanol–water partition coefficient (Wildman–Crippen LogP) is 2.69. The Kier molecular flexibility index (Phi) is 4.15. The standard InChI is InChI=1S/C11H12BrN5S/c1-6-10(17-13)15-7(2)16-11(6)18-9-4-3-8(12)5-14-9/h3-5H,13H2,1-2H3,(H,15,16,17). The first kappa shape index (κ1) is 13.3. The third-order valence-electron chi connectivity index (χ3n) is 2.25. The number of aryl methyl sites for hydroxylation is 1. The Morgan fingerprint density at radius 1 is 1.28 bits per heavy atom. The number of nitrogen functional groups attached to an aromatic ring is 1. The number of halogens is 1. The molecule has 0 aliphatic carbocycles. The van der Waals surface area contributed by atoms with E-state index in [1.807, 2.05) is 26.0 Å². The van der Waals surface area contributed by atoms with Gasteiger partial charge in [-0.2, -0.15) is 0 Å². The van der Waals surface area contributed by atoms with Crippen molar-refractivity contribution in [3.63, 3.8) is 0 Å². The zero-order valence-corrected chi connectivity index (χ0v) is 12.3. The van der Waals surface area contributed by atoms with E-state index >= 15 is 0 Å². The van der Waals surface area contributed by atoms with Crippen molar-refractivity contribution in [2.45, 2.75) is 23.9 Å². The van der Waals surface area contributed by atoms with Gasteiger partial charge in [-0.05, 0) is 53.7 Å². The number of nitrogens with one attached hydrogen (secondary N) is 1. The predicted molar refractivity (Wildman–Crippen MR) is 75.4 cm³/mol. The van der Waals surface area contributed by atoms with Crippen molar-refractivity contribution in [3.8, 4) is 0 Å². The summed E-state index contributed by atoms with van der Waals surface area (Å²) >= 11 is 4.84. The summed E-state index contributed by atoms with van der Waals surface area (Å²) in [7, 11) is 0. The summed E-state index contributed by atoms with van der Waals surface area (Å²) in [5.41, 5.74) is 3.49. The van der Waals surface area contributed by atoms with Crippen molar-refractivity contribution in [1.29, 1.82) is 0 Å². The Hall–Kier alpha value is -1.18. The number of hydrogen-bond donors (Lipinski definition) is 2. The van der Waals surface area contributed by atoms with Crippen molar-refractivity contribution in [2.75, 3.05) is 5.43 Å². The zero-order chi connectivity index (χ0) is 13.1. The second kappa shape index (κ2) is 5.64. The van der Waals surface area contributed by atoms with Gasteiger partial charge in [0.2, 0.25) is 0 Å². The van der Waals surface area contributed by atoms with E-state index < -0.39 is 0 Å². The molecular weight excluding hydrogens is 314 g/mol. The molecule has 2 aromatic heterocycles. The fourth-order valence-electron chi connectivity index (χ4n) is 1.36. The maximum atomic E-state index is 5.43. The van der Waals surface area contributed by atoms with Crippen LogP contribution in [-0.2, 0) is 0 Å². The lowest BCUT2D eigenvalue weighted by molar-refractivity contribution is 0.932. The van der Waals surface area contributed by atoms with Gasteiger partial charge >= 0.3 is 0 Å². The van der Waals surface area contributed by atoms with E-state index in [0.717, 1.165) is 20.1 Å². The first-order chi connectivity index (χ1) is 8.60. The van der Waals surface area contributed by atoms with Gasteiger partial charge in [0.1, 0.15) is 21.7 Å². The quantitative estimate of drug-likeness (QED) is 0.513. The largest absolute Gasteiger partial charge is 0.308 e. The molecule has 0 fully saturated rings. The zero-order valence-electron chi connectivity index (χ0n) is 9.94. The summed E-state index contributed by atoms with van der Waals surface area (Å²) in [5, 5.41) is 1.73. The molecule has 0 atom stereocenters. The van der Waals surface area contributed by atoms with Gasteiger partial charge in [0.05, 0.1) is 0 Å². The third-order valence-corrected chi connectivity index (χ3v) is 3.76. The molecule has 94 valence electrons. The highest BCUT2D eigenvalue weighted by Gasteiger charge is 2.10. The van der Waals surface area contributed by atoms with E-state index in [9.17, 15) is 0 Å². The molecule has 7 heteroatoms. The molecule has 0 aliphatic heterocycles. The highest BCUT2D eigenvalue weighted by atomic mass is 79.9. The smallest absolute Gasteiger partial charge is 0.147 e. The highest BCUT2D eigenvalue weighted by Crippen LogP contribution is 2.30. The number of nitrogens with two attached hydrogens (primary N) is 1. The van der Waals surface area contributed by atoms with Crippen LogP contribution >= 0.6 is 27.7 Å². The van der Waals surface area contributed by atoms with Gasteiger partial charge < -0.3 is 5.43 Å². The van der Waals surface area contributed by atoms with Gasteiger partial charge in [-0.25, -0.2) is 20.8 Å². The number of hydrogen-bond acceptors (Lipinski definition) is 6. The fraction of sp³-hybridized carbons (Fsp3) is 0.182. The molecule has 3 N–H and O–H groups in total. The highest BCUT2D eigenvalue weighted by molar-refractivity contribution is 9.10. The number of rotatable bonds is 3. The summed E-state index contributed by atoms with van der Waals surface area (Å²) < 4.78 is 0.951. The van der Waals surface area contributed by atoms with Gasteiger partial charge in [0, 0.05) is 16.2 Å². The molecule has 0 amide bonds. The maximum Gasteiger partial charge on any atom is 0.147 e. The van der Waals surface area contributed by atoms with Crippen molar-refractivity contribution in [2.24, 2.45) is 5.84 Å². The number of anilines is 1. The molecule has 2 aromatic rings. The minimum Gasteiger partial charge on any atom is -0.308 e. The molecule has 0 aliphatic rings. The summed E-state index contributed by atoms with van der Waals surface area (Å²) in [6.45, 7) is 3.76. The molecule has 18 heavy (non-hydrogen) atoms. The summed E-state index contributed by atoms with van der Waals surface area (Å²) in [5.74, 6) is 6.75. The van der Waals surface area contributed by atoms with Crippen molar-refractivity contribution in [3.05, 3.63) is 34.2 Å².